The molecule has 9 nitrogen and oxygen atoms in total. The van der Waals surface area contributed by atoms with E-state index in [0.29, 0.717) is 18.2 Å². The Morgan fingerprint density at radius 2 is 1.33 bits per heavy atom. The van der Waals surface area contributed by atoms with Gasteiger partial charge in [0.2, 0.25) is 0 Å². The first-order valence-corrected chi connectivity index (χ1v) is 10.9. The van der Waals surface area contributed by atoms with Gasteiger partial charge in [-0.3, -0.25) is 4.79 Å². The van der Waals surface area contributed by atoms with Crippen LogP contribution in [0.25, 0.3) is 0 Å². The highest BCUT2D eigenvalue weighted by atomic mass is 35.5. The molecule has 0 amide bonds. The van der Waals surface area contributed by atoms with E-state index in [-0.39, 0.29) is 6.42 Å². The highest BCUT2D eigenvalue weighted by Crippen LogP contribution is 2.16. The largest absolute Gasteiger partial charge is 0.692 e. The van der Waals surface area contributed by atoms with Gasteiger partial charge in [-0.05, 0) is 30.5 Å². The van der Waals surface area contributed by atoms with E-state index in [2.05, 4.69) is 4.90 Å². The second kappa shape index (κ2) is 18.5. The van der Waals surface area contributed by atoms with Crippen LogP contribution in [0.1, 0.15) is 18.4 Å². The molecular formula is C14H23Cl2NO8P2+2. The van der Waals surface area contributed by atoms with Crippen LogP contribution in [-0.4, -0.2) is 55.5 Å². The van der Waals surface area contributed by atoms with Crippen molar-refractivity contribution in [3.8, 4) is 0 Å². The molecular weight excluding hydrogens is 443 g/mol. The van der Waals surface area contributed by atoms with Crippen LogP contribution in [0.3, 0.4) is 0 Å². The van der Waals surface area contributed by atoms with E-state index in [0.717, 1.165) is 30.8 Å². The number of halogens is 2. The number of aliphatic carboxylic acids is 1. The molecule has 0 saturated carbocycles. The van der Waals surface area contributed by atoms with Crippen molar-refractivity contribution in [3.05, 3.63) is 29.8 Å². The van der Waals surface area contributed by atoms with Crippen molar-refractivity contribution < 1.29 is 38.6 Å². The van der Waals surface area contributed by atoms with Gasteiger partial charge in [0.25, 0.3) is 0 Å². The minimum atomic E-state index is -2.87. The zero-order chi connectivity index (χ0) is 21.2. The lowest BCUT2D eigenvalue weighted by atomic mass is 10.1. The van der Waals surface area contributed by atoms with Gasteiger partial charge in [0.05, 0.1) is 0 Å². The summed E-state index contributed by atoms with van der Waals surface area (Å²) < 4.78 is 17.4. The van der Waals surface area contributed by atoms with Crippen molar-refractivity contribution in [1.82, 2.24) is 0 Å². The number of carboxylic acids is 1. The quantitative estimate of drug-likeness (QED) is 0.273. The summed E-state index contributed by atoms with van der Waals surface area (Å²) in [7, 11) is -5.74. The molecule has 0 heterocycles. The van der Waals surface area contributed by atoms with Crippen LogP contribution in [-0.2, 0) is 20.3 Å². The van der Waals surface area contributed by atoms with Gasteiger partial charge >= 0.3 is 22.5 Å². The molecule has 0 spiro atoms. The molecule has 0 saturated heterocycles. The van der Waals surface area contributed by atoms with Crippen LogP contribution in [0, 0.1) is 0 Å². The van der Waals surface area contributed by atoms with Crippen LogP contribution < -0.4 is 4.90 Å². The van der Waals surface area contributed by atoms with Gasteiger partial charge in [0, 0.05) is 46.1 Å². The molecule has 154 valence electrons. The molecule has 0 aliphatic rings. The maximum absolute atomic E-state index is 10.4. The summed E-state index contributed by atoms with van der Waals surface area (Å²) in [6.45, 7) is 1.54. The summed E-state index contributed by atoms with van der Waals surface area (Å²) >= 11 is 11.5. The number of anilines is 1. The average molecular weight is 466 g/mol. The number of nitrogens with zero attached hydrogens (tertiary/aromatic N) is 1. The van der Waals surface area contributed by atoms with Crippen molar-refractivity contribution in [2.24, 2.45) is 0 Å². The average Bonchev–Trinajstić information content (AvgIpc) is 2.54. The van der Waals surface area contributed by atoms with Gasteiger partial charge in [-0.25, -0.2) is 0 Å². The van der Waals surface area contributed by atoms with E-state index in [4.69, 9.17) is 57.0 Å². The first-order valence-electron chi connectivity index (χ1n) is 7.51. The molecule has 0 aromatic heterocycles. The normalized spacial score (nSPS) is 9.26. The number of alkyl halides is 2. The van der Waals surface area contributed by atoms with Gasteiger partial charge in [-0.1, -0.05) is 12.1 Å². The molecule has 0 unspecified atom stereocenters. The summed E-state index contributed by atoms with van der Waals surface area (Å²) in [4.78, 5) is 41.1. The Labute approximate surface area is 169 Å². The fourth-order valence-corrected chi connectivity index (χ4v) is 2.30. The number of carbonyl (C=O) groups is 1. The molecule has 0 aliphatic carbocycles. The number of benzene rings is 1. The molecule has 27 heavy (non-hydrogen) atoms. The zero-order valence-electron chi connectivity index (χ0n) is 14.3. The number of hydrogen-bond donors (Lipinski definition) is 5. The number of aryl methyl sites for hydroxylation is 1. The van der Waals surface area contributed by atoms with Crippen LogP contribution in [0.15, 0.2) is 24.3 Å². The molecule has 0 atom stereocenters. The third kappa shape index (κ3) is 21.3. The Balaban J connectivity index is 0. The predicted molar refractivity (Wildman–Crippen MR) is 105 cm³/mol. The molecule has 5 N–H and O–H groups in total. The lowest BCUT2D eigenvalue weighted by Crippen LogP contribution is -2.27. The second-order valence-electron chi connectivity index (χ2n) is 4.78. The van der Waals surface area contributed by atoms with Crippen LogP contribution >= 0.6 is 39.7 Å². The Kier molecular flexibility index (Phi) is 19.4. The minimum absolute atomic E-state index is 0.215. The Morgan fingerprint density at radius 3 is 1.67 bits per heavy atom. The number of hydrogen-bond acceptors (Lipinski definition) is 4. The molecule has 0 fully saturated rings. The monoisotopic (exact) mass is 465 g/mol. The van der Waals surface area contributed by atoms with E-state index in [9.17, 15) is 4.79 Å². The van der Waals surface area contributed by atoms with Gasteiger partial charge in [-0.2, -0.15) is 0 Å². The number of carboxylic acid groups (broad SMARTS) is 1. The van der Waals surface area contributed by atoms with E-state index < -0.39 is 22.5 Å². The number of rotatable bonds is 9. The summed E-state index contributed by atoms with van der Waals surface area (Å²) in [5, 5.41) is 8.59. The van der Waals surface area contributed by atoms with E-state index >= 15 is 0 Å². The van der Waals surface area contributed by atoms with E-state index in [1.165, 1.54) is 0 Å². The Hall–Kier alpha value is -0.890. The fourth-order valence-electron chi connectivity index (χ4n) is 1.89. The molecule has 1 aromatic rings. The smallest absolute Gasteiger partial charge is 0.481 e. The standard InChI is InChI=1S/C14H19Cl2NO2.2HO3P/c15-8-10-17(11-9-16)13-6-4-12(5-7-13)2-1-3-14(18)19;2*1-4(2)3/h4-7H,1-3,8-11H2,(H,18,19);2*(H-,1,2,3)/p+2. The molecule has 0 bridgehead atoms. The summed E-state index contributed by atoms with van der Waals surface area (Å²) in [6.07, 6.45) is 1.67. The maximum Gasteiger partial charge on any atom is 0.692 e. The van der Waals surface area contributed by atoms with Crippen molar-refractivity contribution in [2.45, 2.75) is 19.3 Å². The SMILES string of the molecule is O=C(O)CCCc1ccc(N(CCCl)CCCl)cc1.O=[P+](O)O.O=[P+](O)O. The minimum Gasteiger partial charge on any atom is -0.481 e. The van der Waals surface area contributed by atoms with Crippen molar-refractivity contribution >= 4 is 51.4 Å². The third-order valence-electron chi connectivity index (χ3n) is 2.87. The third-order valence-corrected chi connectivity index (χ3v) is 3.20. The summed E-state index contributed by atoms with van der Waals surface area (Å²) in [5.41, 5.74) is 2.25. The molecule has 13 heteroatoms. The molecule has 1 rings (SSSR count). The van der Waals surface area contributed by atoms with Gasteiger partial charge in [-0.15, -0.1) is 42.8 Å². The Morgan fingerprint density at radius 1 is 0.926 bits per heavy atom. The highest BCUT2D eigenvalue weighted by Gasteiger charge is 2.05. The van der Waals surface area contributed by atoms with Gasteiger partial charge in [0.15, 0.2) is 0 Å². The predicted octanol–water partition coefficient (Wildman–Crippen LogP) is 2.63. The van der Waals surface area contributed by atoms with Crippen molar-refractivity contribution in [3.63, 3.8) is 0 Å². The lowest BCUT2D eigenvalue weighted by Gasteiger charge is -2.23. The van der Waals surface area contributed by atoms with Crippen LogP contribution in [0.4, 0.5) is 5.69 Å². The molecule has 1 aromatic carbocycles. The van der Waals surface area contributed by atoms with Crippen molar-refractivity contribution in [1.29, 1.82) is 0 Å². The lowest BCUT2D eigenvalue weighted by molar-refractivity contribution is -0.137. The molecule has 0 radical (unpaired) electrons. The zero-order valence-corrected chi connectivity index (χ0v) is 17.6. The van der Waals surface area contributed by atoms with E-state index in [1.807, 2.05) is 24.3 Å². The van der Waals surface area contributed by atoms with Gasteiger partial charge < -0.3 is 10.0 Å². The first kappa shape index (κ1) is 28.3. The van der Waals surface area contributed by atoms with Gasteiger partial charge in [0.1, 0.15) is 0 Å². The Bertz CT molecular complexity index is 537. The van der Waals surface area contributed by atoms with Crippen molar-refractivity contribution in [2.75, 3.05) is 29.7 Å². The summed E-state index contributed by atoms with van der Waals surface area (Å²) in [5.74, 6) is 0.390. The summed E-state index contributed by atoms with van der Waals surface area (Å²) in [6, 6.07) is 8.14. The van der Waals surface area contributed by atoms with Crippen LogP contribution in [0.5, 0.6) is 0 Å². The maximum atomic E-state index is 10.4. The fraction of sp³-hybridized carbons (Fsp3) is 0.500. The van der Waals surface area contributed by atoms with Crippen LogP contribution in [0.2, 0.25) is 0 Å². The highest BCUT2D eigenvalue weighted by molar-refractivity contribution is 7.31. The second-order valence-corrected chi connectivity index (χ2v) is 6.55. The molecule has 0 aliphatic heterocycles. The first-order chi connectivity index (χ1) is 12.6. The van der Waals surface area contributed by atoms with E-state index in [1.54, 1.807) is 0 Å². The topological polar surface area (TPSA) is 156 Å².